The van der Waals surface area contributed by atoms with E-state index in [9.17, 15) is 9.59 Å². The van der Waals surface area contributed by atoms with Crippen LogP contribution in [0.25, 0.3) is 0 Å². The Balaban J connectivity index is 1.36. The first-order valence-electron chi connectivity index (χ1n) is 11.5. The lowest BCUT2D eigenvalue weighted by Gasteiger charge is -2.34. The van der Waals surface area contributed by atoms with Crippen molar-refractivity contribution in [3.63, 3.8) is 0 Å². The van der Waals surface area contributed by atoms with E-state index in [-0.39, 0.29) is 18.5 Å². The number of aromatic nitrogens is 1. The number of hydrogen-bond acceptors (Lipinski definition) is 4. The van der Waals surface area contributed by atoms with Crippen LogP contribution in [0.15, 0.2) is 12.3 Å². The van der Waals surface area contributed by atoms with E-state index in [1.54, 1.807) is 0 Å². The van der Waals surface area contributed by atoms with Gasteiger partial charge in [-0.05, 0) is 62.6 Å². The van der Waals surface area contributed by atoms with Gasteiger partial charge in [0.1, 0.15) is 0 Å². The Morgan fingerprint density at radius 3 is 2.63 bits per heavy atom. The van der Waals surface area contributed by atoms with Crippen molar-refractivity contribution in [3.8, 4) is 0 Å². The summed E-state index contributed by atoms with van der Waals surface area (Å²) < 4.78 is 0. The summed E-state index contributed by atoms with van der Waals surface area (Å²) in [5.74, 6) is -0.220. The fourth-order valence-electron chi connectivity index (χ4n) is 5.29. The van der Waals surface area contributed by atoms with Gasteiger partial charge in [-0.25, -0.2) is 4.79 Å². The Labute approximate surface area is 179 Å². The van der Waals surface area contributed by atoms with Gasteiger partial charge in [-0.2, -0.15) is 0 Å². The molecule has 2 fully saturated rings. The van der Waals surface area contributed by atoms with E-state index >= 15 is 0 Å². The van der Waals surface area contributed by atoms with Crippen LogP contribution in [0, 0.1) is 5.92 Å². The van der Waals surface area contributed by atoms with Crippen molar-refractivity contribution in [2.24, 2.45) is 5.92 Å². The van der Waals surface area contributed by atoms with E-state index in [4.69, 9.17) is 10.1 Å². The fraction of sp³-hybridized carbons (Fsp3) is 0.696. The van der Waals surface area contributed by atoms with E-state index in [1.165, 1.54) is 11.3 Å². The summed E-state index contributed by atoms with van der Waals surface area (Å²) >= 11 is 0. The minimum absolute atomic E-state index is 0.106. The average Bonchev–Trinajstić information content (AvgIpc) is 3.01. The van der Waals surface area contributed by atoms with Crippen molar-refractivity contribution in [1.29, 1.82) is 0 Å². The van der Waals surface area contributed by atoms with Crippen LogP contribution < -0.4 is 4.90 Å². The molecule has 1 aromatic heterocycles. The number of carbonyl (C=O) groups is 2. The van der Waals surface area contributed by atoms with Gasteiger partial charge in [-0.15, -0.1) is 0 Å². The minimum Gasteiger partial charge on any atom is -0.481 e. The molecule has 2 aliphatic heterocycles. The maximum atomic E-state index is 13.2. The fourth-order valence-corrected chi connectivity index (χ4v) is 5.29. The van der Waals surface area contributed by atoms with E-state index < -0.39 is 5.97 Å². The first kappa shape index (κ1) is 21.1. The van der Waals surface area contributed by atoms with Gasteiger partial charge >= 0.3 is 12.0 Å². The molecule has 2 amide bonds. The van der Waals surface area contributed by atoms with Crippen LogP contribution in [0.4, 0.5) is 10.5 Å². The number of anilines is 1. The quantitative estimate of drug-likeness (QED) is 0.774. The molecule has 0 radical (unpaired) electrons. The number of urea groups is 1. The van der Waals surface area contributed by atoms with E-state index in [2.05, 4.69) is 17.9 Å². The van der Waals surface area contributed by atoms with Crippen LogP contribution in [0.3, 0.4) is 0 Å². The molecule has 164 valence electrons. The highest BCUT2D eigenvalue weighted by Crippen LogP contribution is 2.33. The topological polar surface area (TPSA) is 77.0 Å². The van der Waals surface area contributed by atoms with E-state index in [1.807, 2.05) is 16.0 Å². The van der Waals surface area contributed by atoms with Crippen molar-refractivity contribution in [2.75, 3.05) is 37.6 Å². The first-order chi connectivity index (χ1) is 14.5. The number of amides is 2. The van der Waals surface area contributed by atoms with Crippen molar-refractivity contribution < 1.29 is 14.7 Å². The lowest BCUT2D eigenvalue weighted by molar-refractivity contribution is -0.137. The third-order valence-electron chi connectivity index (χ3n) is 7.23. The SMILES string of the molecule is CCN1CCc2cc(N3CCN(C4CCC(CCC(=O)O)CC4)C3=O)cnc2CC1. The van der Waals surface area contributed by atoms with Crippen LogP contribution in [0.5, 0.6) is 0 Å². The number of carboxylic acids is 1. The third kappa shape index (κ3) is 4.61. The molecule has 0 spiro atoms. The third-order valence-corrected chi connectivity index (χ3v) is 7.23. The molecule has 0 aromatic carbocycles. The maximum absolute atomic E-state index is 13.2. The molecule has 1 aliphatic carbocycles. The van der Waals surface area contributed by atoms with Crippen LogP contribution in [-0.2, 0) is 17.6 Å². The molecule has 3 heterocycles. The van der Waals surface area contributed by atoms with Crippen LogP contribution in [0.1, 0.15) is 56.7 Å². The zero-order valence-corrected chi connectivity index (χ0v) is 18.1. The highest BCUT2D eigenvalue weighted by atomic mass is 16.4. The highest BCUT2D eigenvalue weighted by Gasteiger charge is 2.36. The van der Waals surface area contributed by atoms with Gasteiger partial charge in [0.05, 0.1) is 11.9 Å². The van der Waals surface area contributed by atoms with Gasteiger partial charge in [-0.1, -0.05) is 6.92 Å². The Morgan fingerprint density at radius 1 is 1.13 bits per heavy atom. The second-order valence-electron chi connectivity index (χ2n) is 8.97. The number of nitrogens with zero attached hydrogens (tertiary/aromatic N) is 4. The molecule has 1 saturated carbocycles. The molecule has 0 atom stereocenters. The number of fused-ring (bicyclic) bond motifs is 1. The van der Waals surface area contributed by atoms with E-state index in [0.717, 1.165) is 83.4 Å². The summed E-state index contributed by atoms with van der Waals surface area (Å²) in [4.78, 5) is 35.1. The molecule has 3 aliphatic rings. The lowest BCUT2D eigenvalue weighted by Crippen LogP contribution is -2.41. The van der Waals surface area contributed by atoms with E-state index in [0.29, 0.717) is 5.92 Å². The van der Waals surface area contributed by atoms with Crippen LogP contribution in [-0.4, -0.2) is 70.7 Å². The number of carbonyl (C=O) groups excluding carboxylic acids is 1. The summed E-state index contributed by atoms with van der Waals surface area (Å²) in [5.41, 5.74) is 3.40. The second-order valence-corrected chi connectivity index (χ2v) is 8.97. The van der Waals surface area contributed by atoms with Gasteiger partial charge in [0.25, 0.3) is 0 Å². The number of carboxylic acid groups (broad SMARTS) is 1. The van der Waals surface area contributed by atoms with Crippen molar-refractivity contribution >= 4 is 17.7 Å². The zero-order chi connectivity index (χ0) is 21.1. The molecule has 1 saturated heterocycles. The molecule has 4 rings (SSSR count). The normalized spacial score (nSPS) is 25.3. The molecule has 0 unspecified atom stereocenters. The molecule has 7 heteroatoms. The molecule has 0 bridgehead atoms. The van der Waals surface area contributed by atoms with Gasteiger partial charge in [-0.3, -0.25) is 14.7 Å². The molecular weight excluding hydrogens is 380 g/mol. The number of hydrogen-bond donors (Lipinski definition) is 1. The summed E-state index contributed by atoms with van der Waals surface area (Å²) in [6, 6.07) is 2.58. The van der Waals surface area contributed by atoms with Gasteiger partial charge in [0, 0.05) is 50.8 Å². The zero-order valence-electron chi connectivity index (χ0n) is 18.1. The maximum Gasteiger partial charge on any atom is 0.324 e. The molecular formula is C23H34N4O3. The Kier molecular flexibility index (Phi) is 6.56. The van der Waals surface area contributed by atoms with Gasteiger partial charge in [0.15, 0.2) is 0 Å². The highest BCUT2D eigenvalue weighted by molar-refractivity contribution is 5.94. The summed E-state index contributed by atoms with van der Waals surface area (Å²) in [7, 11) is 0. The van der Waals surface area contributed by atoms with Gasteiger partial charge < -0.3 is 14.9 Å². The largest absolute Gasteiger partial charge is 0.481 e. The molecule has 30 heavy (non-hydrogen) atoms. The first-order valence-corrected chi connectivity index (χ1v) is 11.5. The summed E-state index contributed by atoms with van der Waals surface area (Å²) in [6.45, 7) is 6.87. The summed E-state index contributed by atoms with van der Waals surface area (Å²) in [6.07, 6.45) is 8.89. The van der Waals surface area contributed by atoms with Crippen molar-refractivity contribution in [3.05, 3.63) is 23.5 Å². The monoisotopic (exact) mass is 414 g/mol. The van der Waals surface area contributed by atoms with Crippen LogP contribution in [0.2, 0.25) is 0 Å². The van der Waals surface area contributed by atoms with Crippen molar-refractivity contribution in [1.82, 2.24) is 14.8 Å². The predicted molar refractivity (Wildman–Crippen MR) is 116 cm³/mol. The molecule has 1 aromatic rings. The average molecular weight is 415 g/mol. The minimum atomic E-state index is -0.709. The van der Waals surface area contributed by atoms with Crippen molar-refractivity contribution in [2.45, 2.75) is 64.3 Å². The Bertz CT molecular complexity index is 776. The lowest BCUT2D eigenvalue weighted by atomic mass is 9.83. The molecule has 7 nitrogen and oxygen atoms in total. The smallest absolute Gasteiger partial charge is 0.324 e. The standard InChI is InChI=1S/C23H34N4O3/c1-2-25-11-9-18-15-20(16-24-21(18)10-12-25)27-14-13-26(23(27)30)19-6-3-17(4-7-19)5-8-22(28)29/h15-17,19H,2-14H2,1H3,(H,28,29). The Hall–Kier alpha value is -2.15. The predicted octanol–water partition coefficient (Wildman–Crippen LogP) is 3.17. The number of aliphatic carboxylic acids is 1. The Morgan fingerprint density at radius 2 is 1.90 bits per heavy atom. The van der Waals surface area contributed by atoms with Gasteiger partial charge in [0.2, 0.25) is 0 Å². The van der Waals surface area contributed by atoms with Crippen LogP contribution >= 0.6 is 0 Å². The number of likely N-dealkylation sites (N-methyl/N-ethyl adjacent to an activating group) is 1. The summed E-state index contributed by atoms with van der Waals surface area (Å²) in [5, 5.41) is 8.89. The second kappa shape index (κ2) is 9.33. The molecule has 1 N–H and O–H groups in total. The number of rotatable bonds is 6. The number of pyridine rings is 1.